The van der Waals surface area contributed by atoms with Crippen LogP contribution in [0.1, 0.15) is 10.5 Å². The molecule has 0 fully saturated rings. The molecule has 1 aromatic carbocycles. The van der Waals surface area contributed by atoms with E-state index in [1.807, 2.05) is 30.3 Å². The molecule has 2 aromatic rings. The van der Waals surface area contributed by atoms with E-state index in [0.29, 0.717) is 10.8 Å². The number of aromatic nitrogens is 1. The zero-order valence-electron chi connectivity index (χ0n) is 9.52. The van der Waals surface area contributed by atoms with E-state index in [4.69, 9.17) is 16.1 Å². The molecule has 0 spiro atoms. The molecule has 0 aliphatic rings. The van der Waals surface area contributed by atoms with Gasteiger partial charge < -0.3 is 9.84 Å². The average molecular weight is 263 g/mol. The second kappa shape index (κ2) is 5.51. The van der Waals surface area contributed by atoms with Crippen LogP contribution in [0.3, 0.4) is 0 Å². The minimum absolute atomic E-state index is 0.202. The van der Waals surface area contributed by atoms with Crippen molar-refractivity contribution >= 4 is 17.5 Å². The molecule has 4 nitrogen and oxygen atoms in total. The lowest BCUT2D eigenvalue weighted by molar-refractivity contribution is 0.0948. The van der Waals surface area contributed by atoms with Crippen LogP contribution >= 0.6 is 11.6 Å². The third kappa shape index (κ3) is 2.99. The van der Waals surface area contributed by atoms with Gasteiger partial charge in [0, 0.05) is 16.7 Å². The molecule has 92 valence electrons. The molecule has 0 saturated carbocycles. The number of halogens is 1. The predicted octanol–water partition coefficient (Wildman–Crippen LogP) is 2.82. The normalized spacial score (nSPS) is 10.1. The van der Waals surface area contributed by atoms with Crippen molar-refractivity contribution in [2.24, 2.45) is 0 Å². The summed E-state index contributed by atoms with van der Waals surface area (Å²) in [5.41, 5.74) is 1.08. The van der Waals surface area contributed by atoms with Gasteiger partial charge in [-0.05, 0) is 0 Å². The van der Waals surface area contributed by atoms with E-state index < -0.39 is 0 Å². The maximum atomic E-state index is 11.7. The van der Waals surface area contributed by atoms with E-state index in [2.05, 4.69) is 17.1 Å². The van der Waals surface area contributed by atoms with E-state index in [-0.39, 0.29) is 18.1 Å². The molecule has 2 rings (SSSR count). The van der Waals surface area contributed by atoms with Gasteiger partial charge >= 0.3 is 0 Å². The van der Waals surface area contributed by atoms with Crippen LogP contribution in [0.15, 0.2) is 52.5 Å². The van der Waals surface area contributed by atoms with Gasteiger partial charge in [-0.2, -0.15) is 0 Å². The second-order valence-corrected chi connectivity index (χ2v) is 4.18. The molecule has 5 heteroatoms. The Hall–Kier alpha value is -2.07. The summed E-state index contributed by atoms with van der Waals surface area (Å²) in [4.78, 5) is 11.7. The van der Waals surface area contributed by atoms with Gasteiger partial charge in [-0.1, -0.05) is 53.7 Å². The van der Waals surface area contributed by atoms with Crippen molar-refractivity contribution in [2.75, 3.05) is 6.54 Å². The number of carbonyl (C=O) groups is 1. The van der Waals surface area contributed by atoms with Gasteiger partial charge in [0.05, 0.1) is 6.54 Å². The van der Waals surface area contributed by atoms with Crippen LogP contribution in [0.4, 0.5) is 0 Å². The van der Waals surface area contributed by atoms with Gasteiger partial charge in [-0.3, -0.25) is 4.79 Å². The van der Waals surface area contributed by atoms with Gasteiger partial charge in [0.2, 0.25) is 0 Å². The SMILES string of the molecule is C=C(Cl)CNC(=O)c1cc(-c2ccccc2)on1. The molecule has 0 saturated heterocycles. The van der Waals surface area contributed by atoms with E-state index >= 15 is 0 Å². The quantitative estimate of drug-likeness (QED) is 0.922. The summed E-state index contributed by atoms with van der Waals surface area (Å²) in [5, 5.41) is 6.64. The second-order valence-electron chi connectivity index (χ2n) is 3.64. The fourth-order valence-corrected chi connectivity index (χ4v) is 1.45. The number of nitrogens with zero attached hydrogens (tertiary/aromatic N) is 1. The molecule has 1 N–H and O–H groups in total. The number of hydrogen-bond acceptors (Lipinski definition) is 3. The molecular formula is C13H11ClN2O2. The minimum atomic E-state index is -0.345. The predicted molar refractivity (Wildman–Crippen MR) is 69.3 cm³/mol. The topological polar surface area (TPSA) is 55.1 Å². The Morgan fingerprint density at radius 2 is 2.11 bits per heavy atom. The lowest BCUT2D eigenvalue weighted by atomic mass is 10.1. The Labute approximate surface area is 109 Å². The summed E-state index contributed by atoms with van der Waals surface area (Å²) in [6.07, 6.45) is 0. The average Bonchev–Trinajstić information content (AvgIpc) is 2.86. The molecule has 0 aliphatic heterocycles. The van der Waals surface area contributed by atoms with Crippen molar-refractivity contribution in [3.8, 4) is 11.3 Å². The Balaban J connectivity index is 2.11. The first-order chi connectivity index (χ1) is 8.66. The number of nitrogens with one attached hydrogen (secondary N) is 1. The van der Waals surface area contributed by atoms with Gasteiger partial charge in [-0.15, -0.1) is 0 Å². The van der Waals surface area contributed by atoms with Crippen molar-refractivity contribution in [2.45, 2.75) is 0 Å². The Bertz CT molecular complexity index is 563. The molecule has 1 heterocycles. The largest absolute Gasteiger partial charge is 0.355 e. The maximum Gasteiger partial charge on any atom is 0.273 e. The Morgan fingerprint density at radius 3 is 2.78 bits per heavy atom. The van der Waals surface area contributed by atoms with E-state index in [1.165, 1.54) is 0 Å². The third-order valence-electron chi connectivity index (χ3n) is 2.24. The highest BCUT2D eigenvalue weighted by molar-refractivity contribution is 6.29. The van der Waals surface area contributed by atoms with Crippen LogP contribution in [-0.4, -0.2) is 17.6 Å². The van der Waals surface area contributed by atoms with Gasteiger partial charge in [0.15, 0.2) is 11.5 Å². The van der Waals surface area contributed by atoms with Crippen LogP contribution in [-0.2, 0) is 0 Å². The summed E-state index contributed by atoms with van der Waals surface area (Å²) in [6, 6.07) is 11.0. The Morgan fingerprint density at radius 1 is 1.39 bits per heavy atom. The first kappa shape index (κ1) is 12.4. The van der Waals surface area contributed by atoms with Crippen molar-refractivity contribution in [1.29, 1.82) is 0 Å². The number of carbonyl (C=O) groups excluding carboxylic acids is 1. The molecular weight excluding hydrogens is 252 g/mol. The molecule has 18 heavy (non-hydrogen) atoms. The summed E-state index contributed by atoms with van der Waals surface area (Å²) in [6.45, 7) is 3.68. The van der Waals surface area contributed by atoms with Gasteiger partial charge in [0.25, 0.3) is 5.91 Å². The van der Waals surface area contributed by atoms with Crippen LogP contribution < -0.4 is 5.32 Å². The zero-order chi connectivity index (χ0) is 13.0. The van der Waals surface area contributed by atoms with Crippen LogP contribution in [0.2, 0.25) is 0 Å². The van der Waals surface area contributed by atoms with E-state index in [1.54, 1.807) is 6.07 Å². The summed E-state index contributed by atoms with van der Waals surface area (Å²) < 4.78 is 5.11. The molecule has 0 radical (unpaired) electrons. The zero-order valence-corrected chi connectivity index (χ0v) is 10.3. The number of hydrogen-bond donors (Lipinski definition) is 1. The van der Waals surface area contributed by atoms with Gasteiger partial charge in [0.1, 0.15) is 0 Å². The van der Waals surface area contributed by atoms with Crippen molar-refractivity contribution < 1.29 is 9.32 Å². The highest BCUT2D eigenvalue weighted by Gasteiger charge is 2.13. The molecule has 0 atom stereocenters. The number of rotatable bonds is 4. The lowest BCUT2D eigenvalue weighted by Crippen LogP contribution is -2.24. The van der Waals surface area contributed by atoms with Crippen molar-refractivity contribution in [1.82, 2.24) is 10.5 Å². The van der Waals surface area contributed by atoms with Crippen LogP contribution in [0, 0.1) is 0 Å². The molecule has 1 amide bonds. The number of amides is 1. The number of benzene rings is 1. The first-order valence-corrected chi connectivity index (χ1v) is 5.68. The minimum Gasteiger partial charge on any atom is -0.355 e. The molecule has 0 bridgehead atoms. The molecule has 0 aliphatic carbocycles. The summed E-state index contributed by atoms with van der Waals surface area (Å²) >= 11 is 5.56. The monoisotopic (exact) mass is 262 g/mol. The highest BCUT2D eigenvalue weighted by Crippen LogP contribution is 2.19. The smallest absolute Gasteiger partial charge is 0.273 e. The fourth-order valence-electron chi connectivity index (χ4n) is 1.39. The molecule has 0 unspecified atom stereocenters. The van der Waals surface area contributed by atoms with Crippen LogP contribution in [0.25, 0.3) is 11.3 Å². The maximum absolute atomic E-state index is 11.7. The van der Waals surface area contributed by atoms with Crippen molar-refractivity contribution in [3.63, 3.8) is 0 Å². The Kier molecular flexibility index (Phi) is 3.79. The lowest BCUT2D eigenvalue weighted by Gasteiger charge is -1.98. The summed E-state index contributed by atoms with van der Waals surface area (Å²) in [7, 11) is 0. The van der Waals surface area contributed by atoms with E-state index in [9.17, 15) is 4.79 Å². The fraction of sp³-hybridized carbons (Fsp3) is 0.0769. The van der Waals surface area contributed by atoms with Gasteiger partial charge in [-0.25, -0.2) is 0 Å². The van der Waals surface area contributed by atoms with Crippen LogP contribution in [0.5, 0.6) is 0 Å². The van der Waals surface area contributed by atoms with E-state index in [0.717, 1.165) is 5.56 Å². The third-order valence-corrected chi connectivity index (χ3v) is 2.38. The van der Waals surface area contributed by atoms with Crippen molar-refractivity contribution in [3.05, 3.63) is 53.7 Å². The summed E-state index contributed by atoms with van der Waals surface area (Å²) in [5.74, 6) is 0.202. The highest BCUT2D eigenvalue weighted by atomic mass is 35.5. The molecule has 1 aromatic heterocycles. The standard InChI is InChI=1S/C13H11ClN2O2/c1-9(14)8-15-13(17)11-7-12(18-16-11)10-5-3-2-4-6-10/h2-7H,1,8H2,(H,15,17). The first-order valence-electron chi connectivity index (χ1n) is 5.30.